The number of nitrogens with one attached hydrogen (secondary N) is 1. The molecule has 1 rings (SSSR count). The van der Waals surface area contributed by atoms with Gasteiger partial charge >= 0.3 is 0 Å². The van der Waals surface area contributed by atoms with Crippen LogP contribution in [0.4, 0.5) is 10.1 Å². The van der Waals surface area contributed by atoms with Crippen molar-refractivity contribution in [3.63, 3.8) is 0 Å². The summed E-state index contributed by atoms with van der Waals surface area (Å²) in [7, 11) is 0. The summed E-state index contributed by atoms with van der Waals surface area (Å²) in [6.45, 7) is 4.73. The van der Waals surface area contributed by atoms with Crippen LogP contribution >= 0.6 is 0 Å². The number of benzene rings is 1. The third kappa shape index (κ3) is 3.94. The van der Waals surface area contributed by atoms with Crippen LogP contribution in [0.3, 0.4) is 0 Å². The number of nitrogens with zero attached hydrogens (tertiary/aromatic N) is 1. The Bertz CT molecular complexity index is 473. The molecule has 6 heteroatoms. The first-order valence-corrected chi connectivity index (χ1v) is 6.10. The Morgan fingerprint density at radius 1 is 1.32 bits per heavy atom. The minimum Gasteiger partial charge on any atom is -0.398 e. The third-order valence-corrected chi connectivity index (χ3v) is 2.78. The van der Waals surface area contributed by atoms with Gasteiger partial charge in [-0.15, -0.1) is 0 Å². The van der Waals surface area contributed by atoms with E-state index in [-0.39, 0.29) is 23.7 Å². The van der Waals surface area contributed by atoms with Crippen molar-refractivity contribution in [2.24, 2.45) is 0 Å². The van der Waals surface area contributed by atoms with Crippen molar-refractivity contribution in [2.75, 3.05) is 25.4 Å². The van der Waals surface area contributed by atoms with E-state index in [4.69, 9.17) is 5.73 Å². The number of amides is 2. The number of hydrogen-bond acceptors (Lipinski definition) is 3. The van der Waals surface area contributed by atoms with E-state index in [0.717, 1.165) is 6.07 Å². The molecule has 2 amide bonds. The van der Waals surface area contributed by atoms with Gasteiger partial charge in [-0.05, 0) is 32.0 Å². The molecular formula is C13H18FN3O2. The van der Waals surface area contributed by atoms with Crippen LogP contribution in [-0.2, 0) is 4.79 Å². The van der Waals surface area contributed by atoms with Crippen molar-refractivity contribution in [3.05, 3.63) is 29.6 Å². The largest absolute Gasteiger partial charge is 0.398 e. The molecule has 0 aliphatic carbocycles. The fourth-order valence-electron chi connectivity index (χ4n) is 1.66. The second-order valence-corrected chi connectivity index (χ2v) is 3.98. The third-order valence-electron chi connectivity index (χ3n) is 2.78. The molecule has 0 fully saturated rings. The summed E-state index contributed by atoms with van der Waals surface area (Å²) in [6, 6.07) is 3.54. The number of carbonyl (C=O) groups is 2. The molecule has 19 heavy (non-hydrogen) atoms. The Labute approximate surface area is 111 Å². The summed E-state index contributed by atoms with van der Waals surface area (Å²) < 4.78 is 13.0. The zero-order valence-electron chi connectivity index (χ0n) is 11.1. The first kappa shape index (κ1) is 14.9. The molecule has 0 bridgehead atoms. The normalized spacial score (nSPS) is 10.1. The van der Waals surface area contributed by atoms with Crippen molar-refractivity contribution in [2.45, 2.75) is 13.8 Å². The molecule has 0 heterocycles. The van der Waals surface area contributed by atoms with E-state index in [2.05, 4.69) is 5.32 Å². The van der Waals surface area contributed by atoms with Crippen LogP contribution < -0.4 is 11.1 Å². The highest BCUT2D eigenvalue weighted by molar-refractivity contribution is 6.00. The molecule has 0 radical (unpaired) electrons. The van der Waals surface area contributed by atoms with Crippen molar-refractivity contribution < 1.29 is 14.0 Å². The maximum Gasteiger partial charge on any atom is 0.253 e. The molecule has 104 valence electrons. The number of hydrogen-bond donors (Lipinski definition) is 2. The lowest BCUT2D eigenvalue weighted by Gasteiger charge is -2.18. The molecule has 0 aliphatic rings. The predicted molar refractivity (Wildman–Crippen MR) is 71.1 cm³/mol. The lowest BCUT2D eigenvalue weighted by atomic mass is 10.1. The molecule has 0 aliphatic heterocycles. The Morgan fingerprint density at radius 3 is 2.53 bits per heavy atom. The van der Waals surface area contributed by atoms with Gasteiger partial charge in [0.05, 0.1) is 12.1 Å². The van der Waals surface area contributed by atoms with E-state index in [9.17, 15) is 14.0 Å². The van der Waals surface area contributed by atoms with Gasteiger partial charge in [0.1, 0.15) is 5.82 Å². The summed E-state index contributed by atoms with van der Waals surface area (Å²) in [5, 5.41) is 2.44. The van der Waals surface area contributed by atoms with Crippen molar-refractivity contribution in [3.8, 4) is 0 Å². The average molecular weight is 267 g/mol. The maximum atomic E-state index is 13.0. The second-order valence-electron chi connectivity index (χ2n) is 3.98. The second kappa shape index (κ2) is 6.72. The van der Waals surface area contributed by atoms with Gasteiger partial charge in [-0.2, -0.15) is 0 Å². The van der Waals surface area contributed by atoms with Crippen LogP contribution in [0.25, 0.3) is 0 Å². The average Bonchev–Trinajstić information content (AvgIpc) is 2.40. The fraction of sp³-hybridized carbons (Fsp3) is 0.385. The highest BCUT2D eigenvalue weighted by atomic mass is 19.1. The molecule has 5 nitrogen and oxygen atoms in total. The lowest BCUT2D eigenvalue weighted by molar-refractivity contribution is -0.129. The highest BCUT2D eigenvalue weighted by Crippen LogP contribution is 2.12. The Hall–Kier alpha value is -2.11. The van der Waals surface area contributed by atoms with Crippen LogP contribution in [0.15, 0.2) is 18.2 Å². The Morgan fingerprint density at radius 2 is 1.95 bits per heavy atom. The fourth-order valence-corrected chi connectivity index (χ4v) is 1.66. The monoisotopic (exact) mass is 267 g/mol. The van der Waals surface area contributed by atoms with Crippen molar-refractivity contribution >= 4 is 17.5 Å². The Balaban J connectivity index is 2.65. The molecular weight excluding hydrogens is 249 g/mol. The van der Waals surface area contributed by atoms with E-state index in [1.165, 1.54) is 12.1 Å². The molecule has 0 atom stereocenters. The minimum absolute atomic E-state index is 0.0346. The van der Waals surface area contributed by atoms with Crippen molar-refractivity contribution in [1.29, 1.82) is 0 Å². The predicted octanol–water partition coefficient (Wildman–Crippen LogP) is 1.01. The smallest absolute Gasteiger partial charge is 0.253 e. The van der Waals surface area contributed by atoms with Crippen LogP contribution in [-0.4, -0.2) is 36.3 Å². The van der Waals surface area contributed by atoms with Gasteiger partial charge in [0.15, 0.2) is 0 Å². The summed E-state index contributed by atoms with van der Waals surface area (Å²) in [6.07, 6.45) is 0. The molecule has 0 spiro atoms. The van der Waals surface area contributed by atoms with E-state index in [1.807, 2.05) is 13.8 Å². The first-order chi connectivity index (χ1) is 8.99. The van der Waals surface area contributed by atoms with Crippen molar-refractivity contribution in [1.82, 2.24) is 10.2 Å². The quantitative estimate of drug-likeness (QED) is 0.782. The van der Waals surface area contributed by atoms with Gasteiger partial charge in [0.25, 0.3) is 5.91 Å². The van der Waals surface area contributed by atoms with Gasteiger partial charge < -0.3 is 16.0 Å². The first-order valence-electron chi connectivity index (χ1n) is 6.10. The zero-order chi connectivity index (χ0) is 14.4. The van der Waals surface area contributed by atoms with E-state index >= 15 is 0 Å². The molecule has 0 saturated heterocycles. The van der Waals surface area contributed by atoms with Gasteiger partial charge in [0, 0.05) is 18.8 Å². The van der Waals surface area contributed by atoms with E-state index < -0.39 is 11.7 Å². The molecule has 1 aromatic carbocycles. The van der Waals surface area contributed by atoms with Crippen LogP contribution in [0.5, 0.6) is 0 Å². The number of nitrogen functional groups attached to an aromatic ring is 1. The highest BCUT2D eigenvalue weighted by Gasteiger charge is 2.14. The maximum absolute atomic E-state index is 13.0. The molecule has 3 N–H and O–H groups in total. The van der Waals surface area contributed by atoms with Crippen LogP contribution in [0.2, 0.25) is 0 Å². The number of halogens is 1. The number of rotatable bonds is 5. The lowest BCUT2D eigenvalue weighted by Crippen LogP contribution is -2.40. The summed E-state index contributed by atoms with van der Waals surface area (Å²) >= 11 is 0. The number of carbonyl (C=O) groups excluding carboxylic acids is 2. The van der Waals surface area contributed by atoms with Crippen LogP contribution in [0.1, 0.15) is 24.2 Å². The number of anilines is 1. The SMILES string of the molecule is CCN(CC)C(=O)CNC(=O)c1cc(F)ccc1N. The van der Waals surface area contributed by atoms with Gasteiger partial charge in [-0.1, -0.05) is 0 Å². The van der Waals surface area contributed by atoms with E-state index in [0.29, 0.717) is 13.1 Å². The Kier molecular flexibility index (Phi) is 5.29. The number of likely N-dealkylation sites (N-methyl/N-ethyl adjacent to an activating group) is 1. The van der Waals surface area contributed by atoms with Gasteiger partial charge in [-0.25, -0.2) is 4.39 Å². The van der Waals surface area contributed by atoms with E-state index in [1.54, 1.807) is 4.90 Å². The summed E-state index contributed by atoms with van der Waals surface area (Å²) in [5.74, 6) is -1.29. The van der Waals surface area contributed by atoms with Crippen LogP contribution in [0, 0.1) is 5.82 Å². The molecule has 0 saturated carbocycles. The van der Waals surface area contributed by atoms with Gasteiger partial charge in [-0.3, -0.25) is 9.59 Å². The molecule has 0 aromatic heterocycles. The molecule has 0 unspecified atom stereocenters. The number of nitrogens with two attached hydrogens (primary N) is 1. The summed E-state index contributed by atoms with van der Waals surface area (Å²) in [4.78, 5) is 25.1. The zero-order valence-corrected chi connectivity index (χ0v) is 11.1. The van der Waals surface area contributed by atoms with Gasteiger partial charge in [0.2, 0.25) is 5.91 Å². The molecule has 1 aromatic rings. The summed E-state index contributed by atoms with van der Waals surface area (Å²) in [5.41, 5.74) is 5.80. The minimum atomic E-state index is -0.558. The topological polar surface area (TPSA) is 75.4 Å². The standard InChI is InChI=1S/C13H18FN3O2/c1-3-17(4-2)12(18)8-16-13(19)10-7-9(14)5-6-11(10)15/h5-7H,3-4,8,15H2,1-2H3,(H,16,19).